The zero-order valence-corrected chi connectivity index (χ0v) is 11.2. The van der Waals surface area contributed by atoms with Crippen LogP contribution in [0.5, 0.6) is 0 Å². The molecule has 0 saturated heterocycles. The Morgan fingerprint density at radius 3 is 2.89 bits per heavy atom. The van der Waals surface area contributed by atoms with E-state index in [2.05, 4.69) is 41.5 Å². The maximum Gasteiger partial charge on any atom is 0.156 e. The number of hydrogen-bond donors (Lipinski definition) is 1. The largest absolute Gasteiger partial charge is 0.366 e. The summed E-state index contributed by atoms with van der Waals surface area (Å²) in [7, 11) is 0. The molecule has 3 nitrogen and oxygen atoms in total. The second-order valence-corrected chi connectivity index (χ2v) is 4.82. The summed E-state index contributed by atoms with van der Waals surface area (Å²) in [5, 5.41) is 14.0. The summed E-state index contributed by atoms with van der Waals surface area (Å²) in [5.74, 6) is 0.900. The highest BCUT2D eigenvalue weighted by molar-refractivity contribution is 5.90. The van der Waals surface area contributed by atoms with Gasteiger partial charge in [0.1, 0.15) is 0 Å². The van der Waals surface area contributed by atoms with Crippen LogP contribution in [0.4, 0.5) is 5.82 Å². The first-order chi connectivity index (χ1) is 8.81. The van der Waals surface area contributed by atoms with Gasteiger partial charge in [0.05, 0.1) is 6.20 Å². The maximum atomic E-state index is 4.21. The summed E-state index contributed by atoms with van der Waals surface area (Å²) in [5.41, 5.74) is 0. The van der Waals surface area contributed by atoms with Crippen molar-refractivity contribution in [2.75, 3.05) is 5.32 Å². The van der Waals surface area contributed by atoms with Crippen molar-refractivity contribution in [1.82, 2.24) is 10.2 Å². The van der Waals surface area contributed by atoms with Crippen LogP contribution < -0.4 is 5.32 Å². The SMILES string of the molecule is CCCCCC(C)Nc1nncc2ccccc12. The smallest absolute Gasteiger partial charge is 0.156 e. The molecule has 3 heteroatoms. The number of fused-ring (bicyclic) bond motifs is 1. The van der Waals surface area contributed by atoms with Crippen molar-refractivity contribution < 1.29 is 0 Å². The second-order valence-electron chi connectivity index (χ2n) is 4.82. The highest BCUT2D eigenvalue weighted by Crippen LogP contribution is 2.20. The molecule has 0 amide bonds. The summed E-state index contributed by atoms with van der Waals surface area (Å²) in [6.45, 7) is 4.44. The highest BCUT2D eigenvalue weighted by Gasteiger charge is 2.06. The Morgan fingerprint density at radius 2 is 2.06 bits per heavy atom. The van der Waals surface area contributed by atoms with E-state index in [1.165, 1.54) is 25.7 Å². The molecule has 18 heavy (non-hydrogen) atoms. The van der Waals surface area contributed by atoms with Gasteiger partial charge in [0.15, 0.2) is 5.82 Å². The first-order valence-electron chi connectivity index (χ1n) is 6.78. The molecule has 2 aromatic rings. The van der Waals surface area contributed by atoms with Crippen molar-refractivity contribution in [1.29, 1.82) is 0 Å². The van der Waals surface area contributed by atoms with Gasteiger partial charge in [-0.15, -0.1) is 5.10 Å². The molecule has 0 spiro atoms. The Balaban J connectivity index is 2.07. The molecule has 1 aromatic carbocycles. The van der Waals surface area contributed by atoms with E-state index in [0.717, 1.165) is 16.6 Å². The van der Waals surface area contributed by atoms with Crippen LogP contribution in [0, 0.1) is 0 Å². The van der Waals surface area contributed by atoms with Gasteiger partial charge in [-0.2, -0.15) is 5.10 Å². The molecule has 1 unspecified atom stereocenters. The lowest BCUT2D eigenvalue weighted by Gasteiger charge is -2.15. The van der Waals surface area contributed by atoms with Crippen molar-refractivity contribution in [2.45, 2.75) is 45.6 Å². The number of benzene rings is 1. The summed E-state index contributed by atoms with van der Waals surface area (Å²) in [6.07, 6.45) is 6.82. The normalized spacial score (nSPS) is 12.6. The predicted molar refractivity (Wildman–Crippen MR) is 76.8 cm³/mol. The van der Waals surface area contributed by atoms with E-state index in [1.54, 1.807) is 0 Å². The van der Waals surface area contributed by atoms with Crippen LogP contribution in [0.1, 0.15) is 39.5 Å². The van der Waals surface area contributed by atoms with Gasteiger partial charge in [-0.3, -0.25) is 0 Å². The Morgan fingerprint density at radius 1 is 1.22 bits per heavy atom. The predicted octanol–water partition coefficient (Wildman–Crippen LogP) is 4.01. The Hall–Kier alpha value is -1.64. The third-order valence-electron chi connectivity index (χ3n) is 3.19. The fraction of sp³-hybridized carbons (Fsp3) is 0.467. The molecule has 1 aromatic heterocycles. The van der Waals surface area contributed by atoms with Crippen LogP contribution in [0.15, 0.2) is 30.5 Å². The van der Waals surface area contributed by atoms with Crippen LogP contribution in [0.3, 0.4) is 0 Å². The molecule has 0 aliphatic heterocycles. The standard InChI is InChI=1S/C15H21N3/c1-3-4-5-8-12(2)17-15-14-10-7-6-9-13(14)11-16-18-15/h6-7,9-12H,3-5,8H2,1-2H3,(H,17,18). The molecule has 2 rings (SSSR count). The molecule has 0 saturated carbocycles. The summed E-state index contributed by atoms with van der Waals surface area (Å²) in [4.78, 5) is 0. The van der Waals surface area contributed by atoms with Gasteiger partial charge in [0.2, 0.25) is 0 Å². The fourth-order valence-electron chi connectivity index (χ4n) is 2.14. The average Bonchev–Trinajstić information content (AvgIpc) is 2.39. The molecule has 1 atom stereocenters. The van der Waals surface area contributed by atoms with Crippen molar-refractivity contribution in [2.24, 2.45) is 0 Å². The lowest BCUT2D eigenvalue weighted by molar-refractivity contribution is 0.613. The Kier molecular flexibility index (Phi) is 4.51. The highest BCUT2D eigenvalue weighted by atomic mass is 15.2. The van der Waals surface area contributed by atoms with Crippen molar-refractivity contribution in [3.8, 4) is 0 Å². The van der Waals surface area contributed by atoms with Crippen LogP contribution in [0.2, 0.25) is 0 Å². The van der Waals surface area contributed by atoms with Crippen LogP contribution >= 0.6 is 0 Å². The van der Waals surface area contributed by atoms with E-state index < -0.39 is 0 Å². The van der Waals surface area contributed by atoms with Gasteiger partial charge < -0.3 is 5.32 Å². The van der Waals surface area contributed by atoms with E-state index >= 15 is 0 Å². The minimum atomic E-state index is 0.441. The molecular formula is C15H21N3. The zero-order chi connectivity index (χ0) is 12.8. The van der Waals surface area contributed by atoms with E-state index in [4.69, 9.17) is 0 Å². The minimum Gasteiger partial charge on any atom is -0.366 e. The van der Waals surface area contributed by atoms with Crippen LogP contribution in [-0.4, -0.2) is 16.2 Å². The van der Waals surface area contributed by atoms with E-state index in [9.17, 15) is 0 Å². The minimum absolute atomic E-state index is 0.441. The second kappa shape index (κ2) is 6.34. The molecule has 0 aliphatic carbocycles. The number of anilines is 1. The summed E-state index contributed by atoms with van der Waals surface area (Å²) in [6, 6.07) is 8.66. The third kappa shape index (κ3) is 3.19. The van der Waals surface area contributed by atoms with Crippen molar-refractivity contribution in [3.63, 3.8) is 0 Å². The van der Waals surface area contributed by atoms with Crippen molar-refractivity contribution in [3.05, 3.63) is 30.5 Å². The lowest BCUT2D eigenvalue weighted by Crippen LogP contribution is -2.16. The summed E-state index contributed by atoms with van der Waals surface area (Å²) >= 11 is 0. The number of aromatic nitrogens is 2. The van der Waals surface area contributed by atoms with E-state index in [-0.39, 0.29) is 0 Å². The average molecular weight is 243 g/mol. The quantitative estimate of drug-likeness (QED) is 0.779. The van der Waals surface area contributed by atoms with Gasteiger partial charge in [-0.05, 0) is 13.3 Å². The van der Waals surface area contributed by atoms with Crippen molar-refractivity contribution >= 4 is 16.6 Å². The van der Waals surface area contributed by atoms with Crippen LogP contribution in [-0.2, 0) is 0 Å². The van der Waals surface area contributed by atoms with E-state index in [1.807, 2.05) is 18.3 Å². The number of hydrogen-bond acceptors (Lipinski definition) is 3. The molecular weight excluding hydrogens is 222 g/mol. The first kappa shape index (κ1) is 12.8. The molecule has 1 N–H and O–H groups in total. The molecule has 1 heterocycles. The topological polar surface area (TPSA) is 37.8 Å². The van der Waals surface area contributed by atoms with Gasteiger partial charge in [0, 0.05) is 16.8 Å². The summed E-state index contributed by atoms with van der Waals surface area (Å²) < 4.78 is 0. The Bertz CT molecular complexity index is 491. The van der Waals surface area contributed by atoms with Gasteiger partial charge >= 0.3 is 0 Å². The van der Waals surface area contributed by atoms with Gasteiger partial charge in [0.25, 0.3) is 0 Å². The molecule has 96 valence electrons. The fourth-order valence-corrected chi connectivity index (χ4v) is 2.14. The number of rotatable bonds is 6. The maximum absolute atomic E-state index is 4.21. The first-order valence-corrected chi connectivity index (χ1v) is 6.78. The van der Waals surface area contributed by atoms with Gasteiger partial charge in [-0.1, -0.05) is 50.5 Å². The third-order valence-corrected chi connectivity index (χ3v) is 3.19. The number of nitrogens with one attached hydrogen (secondary N) is 1. The molecule has 0 bridgehead atoms. The monoisotopic (exact) mass is 243 g/mol. The number of unbranched alkanes of at least 4 members (excludes halogenated alkanes) is 2. The number of nitrogens with zero attached hydrogens (tertiary/aromatic N) is 2. The van der Waals surface area contributed by atoms with Crippen LogP contribution in [0.25, 0.3) is 10.8 Å². The lowest BCUT2D eigenvalue weighted by atomic mass is 10.1. The Labute approximate surface area is 109 Å². The van der Waals surface area contributed by atoms with Gasteiger partial charge in [-0.25, -0.2) is 0 Å². The molecule has 0 aliphatic rings. The zero-order valence-electron chi connectivity index (χ0n) is 11.2. The molecule has 0 radical (unpaired) electrons. The molecule has 0 fully saturated rings. The van der Waals surface area contributed by atoms with E-state index in [0.29, 0.717) is 6.04 Å².